The molecule has 2 N–H and O–H groups in total. The van der Waals surface area contributed by atoms with E-state index < -0.39 is 5.97 Å². The molecule has 0 aromatic rings. The van der Waals surface area contributed by atoms with E-state index in [9.17, 15) is 9.59 Å². The molecule has 11 heavy (non-hydrogen) atoms. The summed E-state index contributed by atoms with van der Waals surface area (Å²) in [7, 11) is 0. The van der Waals surface area contributed by atoms with Crippen LogP contribution in [0.1, 0.15) is 13.8 Å². The normalized spacial score (nSPS) is 10.1. The van der Waals surface area contributed by atoms with Crippen molar-refractivity contribution in [2.24, 2.45) is 5.92 Å². The standard InChI is InChI=1S/C7H13NO3/c1-5(2)6(9)3-8-4-7(10)11/h5,8H,3-4H2,1-2H3,(H,10,11). The second kappa shape index (κ2) is 4.85. The number of nitrogens with one attached hydrogen (secondary N) is 1. The lowest BCUT2D eigenvalue weighted by Gasteiger charge is -2.03. The smallest absolute Gasteiger partial charge is 0.317 e. The highest BCUT2D eigenvalue weighted by atomic mass is 16.4. The Morgan fingerprint density at radius 1 is 1.36 bits per heavy atom. The summed E-state index contributed by atoms with van der Waals surface area (Å²) in [5, 5.41) is 10.7. The number of Topliss-reactive ketones (excluding diaryl/α,β-unsaturated/α-hetero) is 1. The Labute approximate surface area is 65.6 Å². The number of carboxylic acids is 1. The number of carbonyl (C=O) groups excluding carboxylic acids is 1. The van der Waals surface area contributed by atoms with E-state index in [1.54, 1.807) is 13.8 Å². The second-order valence-electron chi connectivity index (χ2n) is 2.62. The molecular formula is C7H13NO3. The zero-order valence-electron chi connectivity index (χ0n) is 6.76. The minimum atomic E-state index is -0.943. The van der Waals surface area contributed by atoms with E-state index in [1.807, 2.05) is 0 Å². The molecule has 0 aromatic carbocycles. The predicted octanol–water partition coefficient (Wildman–Crippen LogP) is -0.114. The minimum Gasteiger partial charge on any atom is -0.480 e. The second-order valence-corrected chi connectivity index (χ2v) is 2.62. The van der Waals surface area contributed by atoms with Crippen molar-refractivity contribution >= 4 is 11.8 Å². The molecule has 0 aromatic heterocycles. The first-order valence-corrected chi connectivity index (χ1v) is 3.49. The molecule has 4 nitrogen and oxygen atoms in total. The predicted molar refractivity (Wildman–Crippen MR) is 40.4 cm³/mol. The number of hydrogen-bond donors (Lipinski definition) is 2. The Morgan fingerprint density at radius 2 is 1.91 bits per heavy atom. The quantitative estimate of drug-likeness (QED) is 0.587. The fourth-order valence-electron chi connectivity index (χ4n) is 0.497. The van der Waals surface area contributed by atoms with Crippen LogP contribution in [0.4, 0.5) is 0 Å². The SMILES string of the molecule is CC(C)C(=O)CNCC(=O)O. The lowest BCUT2D eigenvalue weighted by Crippen LogP contribution is -2.30. The largest absolute Gasteiger partial charge is 0.480 e. The summed E-state index contributed by atoms with van der Waals surface area (Å²) < 4.78 is 0. The Balaban J connectivity index is 3.39. The van der Waals surface area contributed by atoms with E-state index in [0.29, 0.717) is 0 Å². The maximum absolute atomic E-state index is 10.9. The molecule has 0 aliphatic carbocycles. The van der Waals surface area contributed by atoms with Crippen molar-refractivity contribution in [3.63, 3.8) is 0 Å². The topological polar surface area (TPSA) is 66.4 Å². The van der Waals surface area contributed by atoms with Crippen LogP contribution >= 0.6 is 0 Å². The molecule has 0 unspecified atom stereocenters. The lowest BCUT2D eigenvalue weighted by atomic mass is 10.1. The Kier molecular flexibility index (Phi) is 4.45. The summed E-state index contributed by atoms with van der Waals surface area (Å²) in [5.74, 6) is -0.941. The van der Waals surface area contributed by atoms with Gasteiger partial charge in [-0.15, -0.1) is 0 Å². The highest BCUT2D eigenvalue weighted by molar-refractivity contribution is 5.82. The van der Waals surface area contributed by atoms with Crippen LogP contribution in [0.3, 0.4) is 0 Å². The van der Waals surface area contributed by atoms with Crippen molar-refractivity contribution < 1.29 is 14.7 Å². The van der Waals surface area contributed by atoms with Gasteiger partial charge in [0, 0.05) is 5.92 Å². The number of carboxylic acid groups (broad SMARTS) is 1. The zero-order valence-corrected chi connectivity index (χ0v) is 6.76. The van der Waals surface area contributed by atoms with Gasteiger partial charge in [0.1, 0.15) is 5.78 Å². The van der Waals surface area contributed by atoms with Crippen molar-refractivity contribution in [3.05, 3.63) is 0 Å². The molecule has 0 rings (SSSR count). The maximum Gasteiger partial charge on any atom is 0.317 e. The first-order chi connectivity index (χ1) is 5.04. The third-order valence-electron chi connectivity index (χ3n) is 1.22. The van der Waals surface area contributed by atoms with Crippen molar-refractivity contribution in [1.29, 1.82) is 0 Å². The summed E-state index contributed by atoms with van der Waals surface area (Å²) in [5.41, 5.74) is 0. The number of ketones is 1. The van der Waals surface area contributed by atoms with E-state index in [0.717, 1.165) is 0 Å². The van der Waals surface area contributed by atoms with Gasteiger partial charge in [-0.1, -0.05) is 13.8 Å². The third-order valence-corrected chi connectivity index (χ3v) is 1.22. The molecule has 4 heteroatoms. The van der Waals surface area contributed by atoms with Crippen molar-refractivity contribution in [1.82, 2.24) is 5.32 Å². The molecule has 0 fully saturated rings. The maximum atomic E-state index is 10.9. The Bertz CT molecular complexity index is 154. The molecule has 0 radical (unpaired) electrons. The Hall–Kier alpha value is -0.900. The van der Waals surface area contributed by atoms with Gasteiger partial charge >= 0.3 is 5.97 Å². The summed E-state index contributed by atoms with van der Waals surface area (Å²) in [6.07, 6.45) is 0. The average molecular weight is 159 g/mol. The molecule has 0 aliphatic rings. The molecule has 0 atom stereocenters. The van der Waals surface area contributed by atoms with E-state index in [2.05, 4.69) is 5.32 Å². The number of rotatable bonds is 5. The molecule has 0 saturated heterocycles. The molecule has 0 aliphatic heterocycles. The fourth-order valence-corrected chi connectivity index (χ4v) is 0.497. The van der Waals surface area contributed by atoms with Crippen LogP contribution in [0.5, 0.6) is 0 Å². The third kappa shape index (κ3) is 5.54. The monoisotopic (exact) mass is 159 g/mol. The molecule has 0 heterocycles. The summed E-state index contributed by atoms with van der Waals surface area (Å²) in [6, 6.07) is 0. The van der Waals surface area contributed by atoms with Gasteiger partial charge in [0.25, 0.3) is 0 Å². The fraction of sp³-hybridized carbons (Fsp3) is 0.714. The summed E-state index contributed by atoms with van der Waals surface area (Å²) >= 11 is 0. The van der Waals surface area contributed by atoms with E-state index >= 15 is 0 Å². The van der Waals surface area contributed by atoms with Gasteiger partial charge < -0.3 is 10.4 Å². The van der Waals surface area contributed by atoms with Gasteiger partial charge in [0.15, 0.2) is 0 Å². The minimum absolute atomic E-state index is 0.0312. The van der Waals surface area contributed by atoms with Gasteiger partial charge in [-0.2, -0.15) is 0 Å². The van der Waals surface area contributed by atoms with Crippen molar-refractivity contribution in [2.45, 2.75) is 13.8 Å². The molecule has 0 spiro atoms. The van der Waals surface area contributed by atoms with E-state index in [1.165, 1.54) is 0 Å². The van der Waals surface area contributed by atoms with E-state index in [-0.39, 0.29) is 24.8 Å². The van der Waals surface area contributed by atoms with Crippen LogP contribution in [0.25, 0.3) is 0 Å². The molecule has 0 saturated carbocycles. The van der Waals surface area contributed by atoms with Gasteiger partial charge in [-0.3, -0.25) is 9.59 Å². The summed E-state index contributed by atoms with van der Waals surface area (Å²) in [6.45, 7) is 3.55. The van der Waals surface area contributed by atoms with Crippen LogP contribution in [-0.4, -0.2) is 29.9 Å². The molecule has 64 valence electrons. The molecule has 0 amide bonds. The van der Waals surface area contributed by atoms with Crippen LogP contribution in [-0.2, 0) is 9.59 Å². The van der Waals surface area contributed by atoms with E-state index in [4.69, 9.17) is 5.11 Å². The molecule has 0 bridgehead atoms. The zero-order chi connectivity index (χ0) is 8.85. The van der Waals surface area contributed by atoms with Gasteiger partial charge in [-0.05, 0) is 0 Å². The van der Waals surface area contributed by atoms with Gasteiger partial charge in [0.2, 0.25) is 0 Å². The highest BCUT2D eigenvalue weighted by Gasteiger charge is 2.06. The lowest BCUT2D eigenvalue weighted by molar-refractivity contribution is -0.136. The van der Waals surface area contributed by atoms with Gasteiger partial charge in [0.05, 0.1) is 13.1 Å². The first-order valence-electron chi connectivity index (χ1n) is 3.49. The van der Waals surface area contributed by atoms with Crippen LogP contribution < -0.4 is 5.32 Å². The first kappa shape index (κ1) is 10.1. The van der Waals surface area contributed by atoms with Crippen LogP contribution in [0.15, 0.2) is 0 Å². The van der Waals surface area contributed by atoms with Crippen LogP contribution in [0.2, 0.25) is 0 Å². The van der Waals surface area contributed by atoms with Crippen molar-refractivity contribution in [3.8, 4) is 0 Å². The number of hydrogen-bond acceptors (Lipinski definition) is 3. The summed E-state index contributed by atoms with van der Waals surface area (Å²) in [4.78, 5) is 20.8. The Morgan fingerprint density at radius 3 is 2.27 bits per heavy atom. The number of aliphatic carboxylic acids is 1. The highest BCUT2D eigenvalue weighted by Crippen LogP contribution is 1.91. The van der Waals surface area contributed by atoms with Gasteiger partial charge in [-0.25, -0.2) is 0 Å². The van der Waals surface area contributed by atoms with Crippen molar-refractivity contribution in [2.75, 3.05) is 13.1 Å². The van der Waals surface area contributed by atoms with Crippen LogP contribution in [0, 0.1) is 5.92 Å². The number of carbonyl (C=O) groups is 2. The molecular weight excluding hydrogens is 146 g/mol. The average Bonchev–Trinajstić information content (AvgIpc) is 1.86.